The molecule has 0 amide bonds. The van der Waals surface area contributed by atoms with Gasteiger partial charge in [-0.25, -0.2) is 0 Å². The maximum absolute atomic E-state index is 6.16. The van der Waals surface area contributed by atoms with E-state index in [1.54, 1.807) is 14.2 Å². The van der Waals surface area contributed by atoms with Crippen molar-refractivity contribution >= 4 is 0 Å². The average molecular weight is 313 g/mol. The Morgan fingerprint density at radius 3 is 2.61 bits per heavy atom. The molecule has 0 saturated carbocycles. The summed E-state index contributed by atoms with van der Waals surface area (Å²) in [5.74, 6) is 2.34. The summed E-state index contributed by atoms with van der Waals surface area (Å²) >= 11 is 0. The first-order valence-electron chi connectivity index (χ1n) is 7.82. The summed E-state index contributed by atoms with van der Waals surface area (Å²) in [5.41, 5.74) is 10.4. The number of para-hydroxylation sites is 1. The number of benzene rings is 2. The lowest BCUT2D eigenvalue weighted by Crippen LogP contribution is -2.34. The van der Waals surface area contributed by atoms with Crippen LogP contribution < -0.4 is 19.9 Å². The Labute approximate surface area is 137 Å². The number of methoxy groups -OCH3 is 2. The second-order valence-electron chi connectivity index (χ2n) is 6.06. The molecule has 0 fully saturated rings. The third kappa shape index (κ3) is 2.75. The molecule has 2 unspecified atom stereocenters. The Hall–Kier alpha value is -2.20. The van der Waals surface area contributed by atoms with Crippen LogP contribution in [-0.2, 0) is 6.42 Å². The van der Waals surface area contributed by atoms with Gasteiger partial charge in [0.25, 0.3) is 0 Å². The van der Waals surface area contributed by atoms with Crippen molar-refractivity contribution in [3.63, 3.8) is 0 Å². The molecular formula is C19H23NO3. The van der Waals surface area contributed by atoms with E-state index in [2.05, 4.69) is 19.1 Å². The Kier molecular flexibility index (Phi) is 4.18. The van der Waals surface area contributed by atoms with Gasteiger partial charge in [-0.05, 0) is 37.1 Å². The first-order chi connectivity index (χ1) is 11.0. The smallest absolute Gasteiger partial charge is 0.168 e. The summed E-state index contributed by atoms with van der Waals surface area (Å²) in [6.45, 7) is 4.07. The van der Waals surface area contributed by atoms with Crippen LogP contribution in [0.1, 0.15) is 18.1 Å². The number of aryl methyl sites for hydroxylation is 1. The van der Waals surface area contributed by atoms with Gasteiger partial charge in [0, 0.05) is 23.6 Å². The molecule has 2 atom stereocenters. The molecule has 0 aliphatic carbocycles. The molecule has 2 aromatic carbocycles. The molecule has 4 nitrogen and oxygen atoms in total. The minimum Gasteiger partial charge on any atom is -0.493 e. The highest BCUT2D eigenvalue weighted by Gasteiger charge is 2.29. The fourth-order valence-corrected chi connectivity index (χ4v) is 3.14. The Balaban J connectivity index is 2.16. The van der Waals surface area contributed by atoms with Crippen LogP contribution in [0.15, 0.2) is 30.3 Å². The molecule has 0 saturated heterocycles. The Bertz CT molecular complexity index is 725. The second kappa shape index (κ2) is 6.13. The van der Waals surface area contributed by atoms with Gasteiger partial charge in [-0.3, -0.25) is 0 Å². The van der Waals surface area contributed by atoms with Crippen LogP contribution in [0.3, 0.4) is 0 Å². The Morgan fingerprint density at radius 1 is 1.17 bits per heavy atom. The molecule has 2 N–H and O–H groups in total. The van der Waals surface area contributed by atoms with E-state index in [4.69, 9.17) is 19.9 Å². The molecule has 122 valence electrons. The van der Waals surface area contributed by atoms with Gasteiger partial charge in [-0.2, -0.15) is 0 Å². The number of fused-ring (bicyclic) bond motifs is 1. The SMILES string of the molecule is COc1cccc(-c2cc(C)cc3c2OC(C(C)N)C3)c1OC. The molecular weight excluding hydrogens is 290 g/mol. The third-order valence-electron chi connectivity index (χ3n) is 4.28. The average Bonchev–Trinajstić information content (AvgIpc) is 2.97. The van der Waals surface area contributed by atoms with Crippen molar-refractivity contribution in [1.29, 1.82) is 0 Å². The summed E-state index contributed by atoms with van der Waals surface area (Å²) in [6.07, 6.45) is 0.857. The van der Waals surface area contributed by atoms with E-state index in [1.165, 1.54) is 11.1 Å². The molecule has 0 aromatic heterocycles. The van der Waals surface area contributed by atoms with Gasteiger partial charge < -0.3 is 19.9 Å². The lowest BCUT2D eigenvalue weighted by molar-refractivity contribution is 0.207. The van der Waals surface area contributed by atoms with E-state index in [0.717, 1.165) is 29.0 Å². The quantitative estimate of drug-likeness (QED) is 0.940. The zero-order valence-electron chi connectivity index (χ0n) is 14.1. The van der Waals surface area contributed by atoms with Crippen LogP contribution in [0.25, 0.3) is 11.1 Å². The van der Waals surface area contributed by atoms with E-state index in [9.17, 15) is 0 Å². The summed E-state index contributed by atoms with van der Waals surface area (Å²) in [6, 6.07) is 10.2. The van der Waals surface area contributed by atoms with Gasteiger partial charge in [0.15, 0.2) is 11.5 Å². The van der Waals surface area contributed by atoms with Crippen LogP contribution in [0.4, 0.5) is 0 Å². The first kappa shape index (κ1) is 15.7. The summed E-state index contributed by atoms with van der Waals surface area (Å²) in [5, 5.41) is 0. The molecule has 4 heteroatoms. The number of hydrogen-bond acceptors (Lipinski definition) is 4. The first-order valence-corrected chi connectivity index (χ1v) is 7.82. The third-order valence-corrected chi connectivity index (χ3v) is 4.28. The molecule has 0 bridgehead atoms. The number of rotatable bonds is 4. The van der Waals surface area contributed by atoms with Gasteiger partial charge in [-0.15, -0.1) is 0 Å². The summed E-state index contributed by atoms with van der Waals surface area (Å²) < 4.78 is 17.2. The predicted octanol–water partition coefficient (Wildman–Crippen LogP) is 3.33. The van der Waals surface area contributed by atoms with Crippen LogP contribution in [0, 0.1) is 6.92 Å². The minimum absolute atomic E-state index is 0.0113. The molecule has 1 aliphatic rings. The van der Waals surface area contributed by atoms with Gasteiger partial charge in [0.1, 0.15) is 11.9 Å². The highest BCUT2D eigenvalue weighted by atomic mass is 16.5. The monoisotopic (exact) mass is 313 g/mol. The standard InChI is InChI=1S/C19H23NO3/c1-11-8-13-10-17(12(2)20)23-18(13)15(9-11)14-6-5-7-16(21-3)19(14)22-4/h5-9,12,17H,10,20H2,1-4H3. The van der Waals surface area contributed by atoms with Gasteiger partial charge in [-0.1, -0.05) is 18.2 Å². The van der Waals surface area contributed by atoms with Gasteiger partial charge in [0.2, 0.25) is 0 Å². The lowest BCUT2D eigenvalue weighted by atomic mass is 9.96. The maximum Gasteiger partial charge on any atom is 0.168 e. The fraction of sp³-hybridized carbons (Fsp3) is 0.368. The van der Waals surface area contributed by atoms with E-state index >= 15 is 0 Å². The molecule has 0 radical (unpaired) electrons. The summed E-state index contributed by atoms with van der Waals surface area (Å²) in [4.78, 5) is 0. The second-order valence-corrected chi connectivity index (χ2v) is 6.06. The zero-order valence-corrected chi connectivity index (χ0v) is 14.1. The lowest BCUT2D eigenvalue weighted by Gasteiger charge is -2.17. The Morgan fingerprint density at radius 2 is 1.96 bits per heavy atom. The highest BCUT2D eigenvalue weighted by Crippen LogP contribution is 2.46. The van der Waals surface area contributed by atoms with Crippen molar-refractivity contribution in [2.75, 3.05) is 14.2 Å². The molecule has 0 spiro atoms. The molecule has 2 aromatic rings. The number of nitrogens with two attached hydrogens (primary N) is 1. The van der Waals surface area contributed by atoms with E-state index in [1.807, 2.05) is 25.1 Å². The van der Waals surface area contributed by atoms with Crippen molar-refractivity contribution in [1.82, 2.24) is 0 Å². The zero-order chi connectivity index (χ0) is 16.6. The van der Waals surface area contributed by atoms with E-state index in [-0.39, 0.29) is 12.1 Å². The largest absolute Gasteiger partial charge is 0.493 e. The number of ether oxygens (including phenoxy) is 3. The van der Waals surface area contributed by atoms with Crippen LogP contribution in [0.5, 0.6) is 17.2 Å². The predicted molar refractivity (Wildman–Crippen MR) is 91.5 cm³/mol. The normalized spacial score (nSPS) is 17.3. The topological polar surface area (TPSA) is 53.7 Å². The molecule has 1 aliphatic heterocycles. The van der Waals surface area contributed by atoms with Gasteiger partial charge in [0.05, 0.1) is 14.2 Å². The van der Waals surface area contributed by atoms with Crippen molar-refractivity contribution in [2.24, 2.45) is 5.73 Å². The van der Waals surface area contributed by atoms with E-state index < -0.39 is 0 Å². The molecule has 1 heterocycles. The van der Waals surface area contributed by atoms with Gasteiger partial charge >= 0.3 is 0 Å². The highest BCUT2D eigenvalue weighted by molar-refractivity contribution is 5.80. The van der Waals surface area contributed by atoms with Crippen molar-refractivity contribution < 1.29 is 14.2 Å². The summed E-state index contributed by atoms with van der Waals surface area (Å²) in [7, 11) is 3.30. The van der Waals surface area contributed by atoms with Crippen LogP contribution in [-0.4, -0.2) is 26.4 Å². The minimum atomic E-state index is -0.0113. The van der Waals surface area contributed by atoms with Crippen molar-refractivity contribution in [3.8, 4) is 28.4 Å². The maximum atomic E-state index is 6.16. The molecule has 3 rings (SSSR count). The number of hydrogen-bond donors (Lipinski definition) is 1. The van der Waals surface area contributed by atoms with Crippen LogP contribution in [0.2, 0.25) is 0 Å². The van der Waals surface area contributed by atoms with E-state index in [0.29, 0.717) is 5.75 Å². The van der Waals surface area contributed by atoms with Crippen molar-refractivity contribution in [3.05, 3.63) is 41.5 Å². The van der Waals surface area contributed by atoms with Crippen LogP contribution >= 0.6 is 0 Å². The van der Waals surface area contributed by atoms with Crippen molar-refractivity contribution in [2.45, 2.75) is 32.4 Å². The molecule has 23 heavy (non-hydrogen) atoms. The fourth-order valence-electron chi connectivity index (χ4n) is 3.14.